The molecule has 4 aromatic rings. The number of aryl methyl sites for hydroxylation is 1. The van der Waals surface area contributed by atoms with Crippen molar-refractivity contribution in [3.05, 3.63) is 111 Å². The van der Waals surface area contributed by atoms with Crippen LogP contribution in [0.1, 0.15) is 34.7 Å². The number of pyridine rings is 1. The lowest BCUT2D eigenvalue weighted by atomic mass is 9.96. The Kier molecular flexibility index (Phi) is 6.06. The lowest BCUT2D eigenvalue weighted by Crippen LogP contribution is -2.29. The third kappa shape index (κ3) is 3.96. The Morgan fingerprint density at radius 3 is 2.44 bits per heavy atom. The van der Waals surface area contributed by atoms with Gasteiger partial charge in [-0.3, -0.25) is 4.98 Å². The molecule has 2 unspecified atom stereocenters. The first-order valence-corrected chi connectivity index (χ1v) is 11.9. The summed E-state index contributed by atoms with van der Waals surface area (Å²) in [5, 5.41) is 5.15. The molecule has 5 rings (SSSR count). The lowest BCUT2D eigenvalue weighted by Gasteiger charge is -2.28. The molecule has 0 radical (unpaired) electrons. The summed E-state index contributed by atoms with van der Waals surface area (Å²) >= 11 is 18.5. The van der Waals surface area contributed by atoms with Crippen molar-refractivity contribution >= 4 is 46.2 Å². The Bertz CT molecular complexity index is 1370. The van der Waals surface area contributed by atoms with Gasteiger partial charge in [0.1, 0.15) is 5.82 Å². The number of nitrogens with zero attached hydrogens (tertiary/aromatic N) is 3. The minimum Gasteiger partial charge on any atom is -0.351 e. The molecular formula is C26H21Cl2FN4S. The van der Waals surface area contributed by atoms with Crippen molar-refractivity contribution in [1.29, 1.82) is 0 Å². The van der Waals surface area contributed by atoms with Crippen molar-refractivity contribution in [1.82, 2.24) is 14.9 Å². The molecule has 2 aromatic carbocycles. The van der Waals surface area contributed by atoms with Crippen LogP contribution in [0, 0.1) is 19.7 Å². The number of rotatable bonds is 4. The van der Waals surface area contributed by atoms with Crippen LogP contribution in [0.2, 0.25) is 10.0 Å². The number of hydrogen-bond acceptors (Lipinski definition) is 2. The Morgan fingerprint density at radius 2 is 1.76 bits per heavy atom. The van der Waals surface area contributed by atoms with Crippen LogP contribution in [0.25, 0.3) is 5.69 Å². The number of anilines is 1. The third-order valence-electron chi connectivity index (χ3n) is 6.14. The predicted octanol–water partition coefficient (Wildman–Crippen LogP) is 7.11. The van der Waals surface area contributed by atoms with Crippen molar-refractivity contribution in [2.45, 2.75) is 25.9 Å². The molecule has 1 N–H and O–H groups in total. The van der Waals surface area contributed by atoms with Gasteiger partial charge in [-0.15, -0.1) is 0 Å². The van der Waals surface area contributed by atoms with E-state index in [1.807, 2.05) is 42.2 Å². The molecule has 1 fully saturated rings. The molecule has 2 aromatic heterocycles. The summed E-state index contributed by atoms with van der Waals surface area (Å²) in [6.07, 6.45) is 1.77. The number of nitrogens with one attached hydrogen (secondary N) is 1. The van der Waals surface area contributed by atoms with Gasteiger partial charge < -0.3 is 14.8 Å². The first-order chi connectivity index (χ1) is 16.3. The molecule has 1 aliphatic heterocycles. The van der Waals surface area contributed by atoms with Crippen molar-refractivity contribution in [2.24, 2.45) is 0 Å². The maximum Gasteiger partial charge on any atom is 0.174 e. The topological polar surface area (TPSA) is 33.1 Å². The van der Waals surface area contributed by atoms with E-state index in [0.717, 1.165) is 34.0 Å². The molecule has 3 heterocycles. The van der Waals surface area contributed by atoms with Gasteiger partial charge in [-0.05, 0) is 92.3 Å². The van der Waals surface area contributed by atoms with E-state index in [0.29, 0.717) is 15.2 Å². The molecule has 0 spiro atoms. The Morgan fingerprint density at radius 1 is 1.00 bits per heavy atom. The van der Waals surface area contributed by atoms with Crippen LogP contribution in [0.15, 0.2) is 72.9 Å². The van der Waals surface area contributed by atoms with Crippen molar-refractivity contribution in [3.8, 4) is 5.69 Å². The zero-order chi connectivity index (χ0) is 24.0. The first-order valence-electron chi connectivity index (χ1n) is 10.8. The highest BCUT2D eigenvalue weighted by Gasteiger charge is 2.42. The maximum atomic E-state index is 13.7. The van der Waals surface area contributed by atoms with Gasteiger partial charge in [0.25, 0.3) is 0 Å². The van der Waals surface area contributed by atoms with Gasteiger partial charge >= 0.3 is 0 Å². The van der Waals surface area contributed by atoms with E-state index in [9.17, 15) is 4.39 Å². The Labute approximate surface area is 213 Å². The number of thiocarbonyl (C=S) groups is 1. The fourth-order valence-corrected chi connectivity index (χ4v) is 5.51. The summed E-state index contributed by atoms with van der Waals surface area (Å²) in [6, 6.07) is 19.4. The van der Waals surface area contributed by atoms with Gasteiger partial charge in [-0.25, -0.2) is 4.39 Å². The van der Waals surface area contributed by atoms with E-state index in [1.165, 1.54) is 12.1 Å². The summed E-state index contributed by atoms with van der Waals surface area (Å²) in [5.41, 5.74) is 5.63. The molecule has 1 aliphatic rings. The van der Waals surface area contributed by atoms with Gasteiger partial charge in [0.05, 0.1) is 28.5 Å². The highest BCUT2D eigenvalue weighted by molar-refractivity contribution is 7.80. The summed E-state index contributed by atoms with van der Waals surface area (Å²) < 4.78 is 15.8. The molecule has 34 heavy (non-hydrogen) atoms. The predicted molar refractivity (Wildman–Crippen MR) is 140 cm³/mol. The molecule has 0 amide bonds. The van der Waals surface area contributed by atoms with Gasteiger partial charge in [-0.1, -0.05) is 29.3 Å². The van der Waals surface area contributed by atoms with Crippen LogP contribution in [0.5, 0.6) is 0 Å². The van der Waals surface area contributed by atoms with Crippen LogP contribution in [0.4, 0.5) is 10.1 Å². The second-order valence-electron chi connectivity index (χ2n) is 8.23. The van der Waals surface area contributed by atoms with E-state index in [1.54, 1.807) is 24.4 Å². The fraction of sp³-hybridized carbons (Fsp3) is 0.154. The molecule has 0 bridgehead atoms. The molecule has 172 valence electrons. The molecule has 0 aliphatic carbocycles. The summed E-state index contributed by atoms with van der Waals surface area (Å²) in [5.74, 6) is -0.296. The van der Waals surface area contributed by atoms with Gasteiger partial charge in [0.15, 0.2) is 5.11 Å². The first kappa shape index (κ1) is 22.8. The average molecular weight is 511 g/mol. The molecule has 8 heteroatoms. The summed E-state index contributed by atoms with van der Waals surface area (Å²) in [4.78, 5) is 6.63. The largest absolute Gasteiger partial charge is 0.351 e. The maximum absolute atomic E-state index is 13.7. The number of benzene rings is 2. The van der Waals surface area contributed by atoms with E-state index < -0.39 is 0 Å². The molecule has 2 atom stereocenters. The number of halogens is 3. The van der Waals surface area contributed by atoms with Crippen LogP contribution in [0.3, 0.4) is 0 Å². The Hall–Kier alpha value is -2.93. The Balaban J connectivity index is 1.69. The van der Waals surface area contributed by atoms with Crippen molar-refractivity contribution in [2.75, 3.05) is 4.90 Å². The summed E-state index contributed by atoms with van der Waals surface area (Å²) in [7, 11) is 0. The van der Waals surface area contributed by atoms with E-state index in [-0.39, 0.29) is 17.9 Å². The molecule has 0 saturated carbocycles. The van der Waals surface area contributed by atoms with Gasteiger partial charge in [0.2, 0.25) is 0 Å². The van der Waals surface area contributed by atoms with E-state index in [4.69, 9.17) is 35.4 Å². The smallest absolute Gasteiger partial charge is 0.174 e. The minimum atomic E-state index is -0.296. The second kappa shape index (κ2) is 9.02. The summed E-state index contributed by atoms with van der Waals surface area (Å²) in [6.45, 7) is 4.10. The molecule has 1 saturated heterocycles. The van der Waals surface area contributed by atoms with E-state index >= 15 is 0 Å². The highest BCUT2D eigenvalue weighted by atomic mass is 35.5. The van der Waals surface area contributed by atoms with Crippen LogP contribution >= 0.6 is 35.4 Å². The number of hydrogen-bond donors (Lipinski definition) is 1. The average Bonchev–Trinajstić information content (AvgIpc) is 3.31. The molecule has 4 nitrogen and oxygen atoms in total. The highest BCUT2D eigenvalue weighted by Crippen LogP contribution is 2.44. The quantitative estimate of drug-likeness (QED) is 0.296. The third-order valence-corrected chi connectivity index (χ3v) is 6.99. The zero-order valence-electron chi connectivity index (χ0n) is 18.5. The van der Waals surface area contributed by atoms with Crippen molar-refractivity contribution < 1.29 is 4.39 Å². The molecular weight excluding hydrogens is 490 g/mol. The van der Waals surface area contributed by atoms with Crippen LogP contribution in [-0.4, -0.2) is 14.7 Å². The number of aromatic nitrogens is 2. The van der Waals surface area contributed by atoms with Crippen LogP contribution in [-0.2, 0) is 0 Å². The van der Waals surface area contributed by atoms with Gasteiger partial charge in [-0.2, -0.15) is 0 Å². The lowest BCUT2D eigenvalue weighted by molar-refractivity contribution is 0.565. The standard InChI is InChI=1S/C26H21Cl2FN4S/c1-15-13-20(16(2)32(15)23-11-6-17(27)14-21(23)28)25-24(22-5-3-4-12-30-22)31-26(34)33(25)19-9-7-18(29)8-10-19/h3-14,24-25H,1-2H3,(H,31,34). The van der Waals surface area contributed by atoms with Crippen molar-refractivity contribution in [3.63, 3.8) is 0 Å². The zero-order valence-corrected chi connectivity index (χ0v) is 20.8. The van der Waals surface area contributed by atoms with E-state index in [2.05, 4.69) is 27.9 Å². The minimum absolute atomic E-state index is 0.201. The second-order valence-corrected chi connectivity index (χ2v) is 9.46. The monoisotopic (exact) mass is 510 g/mol. The van der Waals surface area contributed by atoms with Crippen LogP contribution < -0.4 is 10.2 Å². The SMILES string of the molecule is Cc1cc(C2C(c3ccccn3)NC(=S)N2c2ccc(F)cc2)c(C)n1-c1ccc(Cl)cc1Cl. The fourth-order valence-electron chi connectivity index (χ4n) is 4.67. The normalized spacial score (nSPS) is 17.8. The van der Waals surface area contributed by atoms with Gasteiger partial charge in [0, 0.05) is 28.3 Å².